The standard InChI is InChI=1S/C8H10N2O2/c1-4-10-6(3)7(8(11)12)5(2)9-10/h4H,1H2,2-3H3,(H,11,12). The molecule has 0 saturated carbocycles. The van der Waals surface area contributed by atoms with Gasteiger partial charge in [-0.1, -0.05) is 6.58 Å². The van der Waals surface area contributed by atoms with E-state index in [2.05, 4.69) is 11.7 Å². The summed E-state index contributed by atoms with van der Waals surface area (Å²) in [5.41, 5.74) is 1.38. The number of hydrogen-bond acceptors (Lipinski definition) is 2. The van der Waals surface area contributed by atoms with E-state index in [1.807, 2.05) is 0 Å². The van der Waals surface area contributed by atoms with Gasteiger partial charge in [-0.3, -0.25) is 0 Å². The largest absolute Gasteiger partial charge is 0.478 e. The molecule has 0 spiro atoms. The van der Waals surface area contributed by atoms with Gasteiger partial charge in [0, 0.05) is 6.20 Å². The number of carbonyl (C=O) groups is 1. The number of hydrogen-bond donors (Lipinski definition) is 1. The highest BCUT2D eigenvalue weighted by Gasteiger charge is 2.15. The van der Waals surface area contributed by atoms with E-state index >= 15 is 0 Å². The van der Waals surface area contributed by atoms with Crippen LogP contribution in [0.1, 0.15) is 21.7 Å². The number of carboxylic acid groups (broad SMARTS) is 1. The molecule has 0 radical (unpaired) electrons. The van der Waals surface area contributed by atoms with Crippen LogP contribution in [-0.2, 0) is 0 Å². The minimum Gasteiger partial charge on any atom is -0.478 e. The maximum atomic E-state index is 10.7. The zero-order valence-electron chi connectivity index (χ0n) is 7.03. The van der Waals surface area contributed by atoms with Crippen LogP contribution >= 0.6 is 0 Å². The van der Waals surface area contributed by atoms with E-state index < -0.39 is 5.97 Å². The maximum absolute atomic E-state index is 10.7. The summed E-state index contributed by atoms with van der Waals surface area (Å²) in [5, 5.41) is 12.7. The van der Waals surface area contributed by atoms with Crippen molar-refractivity contribution in [2.75, 3.05) is 0 Å². The van der Waals surface area contributed by atoms with Gasteiger partial charge >= 0.3 is 5.97 Å². The van der Waals surface area contributed by atoms with Crippen molar-refractivity contribution < 1.29 is 9.90 Å². The van der Waals surface area contributed by atoms with Crippen molar-refractivity contribution in [1.82, 2.24) is 9.78 Å². The zero-order valence-corrected chi connectivity index (χ0v) is 7.03. The monoisotopic (exact) mass is 166 g/mol. The molecule has 0 aliphatic heterocycles. The Morgan fingerprint density at radius 3 is 2.50 bits per heavy atom. The van der Waals surface area contributed by atoms with Gasteiger partial charge in [-0.25, -0.2) is 9.48 Å². The molecule has 0 aromatic carbocycles. The average Bonchev–Trinajstić information content (AvgIpc) is 2.25. The molecule has 0 saturated heterocycles. The zero-order chi connectivity index (χ0) is 9.30. The molecule has 64 valence electrons. The van der Waals surface area contributed by atoms with Crippen LogP contribution in [0.15, 0.2) is 6.58 Å². The van der Waals surface area contributed by atoms with Crippen molar-refractivity contribution in [3.8, 4) is 0 Å². The van der Waals surface area contributed by atoms with Crippen LogP contribution in [0.5, 0.6) is 0 Å². The SMILES string of the molecule is C=Cn1nc(C)c(C(=O)O)c1C. The van der Waals surface area contributed by atoms with E-state index in [-0.39, 0.29) is 5.56 Å². The predicted molar refractivity (Wildman–Crippen MR) is 45.0 cm³/mol. The van der Waals surface area contributed by atoms with Gasteiger partial charge in [0.05, 0.1) is 11.4 Å². The maximum Gasteiger partial charge on any atom is 0.339 e. The van der Waals surface area contributed by atoms with Crippen LogP contribution in [0.4, 0.5) is 0 Å². The minimum atomic E-state index is -0.946. The Morgan fingerprint density at radius 2 is 2.25 bits per heavy atom. The Morgan fingerprint density at radius 1 is 1.67 bits per heavy atom. The van der Waals surface area contributed by atoms with Crippen LogP contribution in [-0.4, -0.2) is 20.9 Å². The summed E-state index contributed by atoms with van der Waals surface area (Å²) in [6.07, 6.45) is 1.48. The van der Waals surface area contributed by atoms with Crippen LogP contribution in [0.3, 0.4) is 0 Å². The highest BCUT2D eigenvalue weighted by molar-refractivity contribution is 5.90. The normalized spacial score (nSPS) is 9.83. The van der Waals surface area contributed by atoms with Crippen LogP contribution < -0.4 is 0 Å². The van der Waals surface area contributed by atoms with E-state index in [9.17, 15) is 4.79 Å². The third kappa shape index (κ3) is 1.11. The number of nitrogens with zero attached hydrogens (tertiary/aromatic N) is 2. The Labute approximate surface area is 70.1 Å². The third-order valence-corrected chi connectivity index (χ3v) is 1.71. The van der Waals surface area contributed by atoms with Crippen LogP contribution in [0.2, 0.25) is 0 Å². The van der Waals surface area contributed by atoms with Crippen molar-refractivity contribution in [1.29, 1.82) is 0 Å². The minimum absolute atomic E-state index is 0.259. The lowest BCUT2D eigenvalue weighted by atomic mass is 10.2. The lowest BCUT2D eigenvalue weighted by Crippen LogP contribution is -2.00. The molecule has 0 aliphatic carbocycles. The van der Waals surface area contributed by atoms with Crippen molar-refractivity contribution >= 4 is 12.2 Å². The highest BCUT2D eigenvalue weighted by Crippen LogP contribution is 2.12. The van der Waals surface area contributed by atoms with Gasteiger partial charge in [0.2, 0.25) is 0 Å². The first-order chi connectivity index (χ1) is 5.57. The van der Waals surface area contributed by atoms with Crippen molar-refractivity contribution in [3.05, 3.63) is 23.5 Å². The second-order valence-corrected chi connectivity index (χ2v) is 2.48. The Kier molecular flexibility index (Phi) is 1.99. The third-order valence-electron chi connectivity index (χ3n) is 1.71. The number of aromatic carboxylic acids is 1. The average molecular weight is 166 g/mol. The molecule has 0 fully saturated rings. The molecule has 0 aliphatic rings. The van der Waals surface area contributed by atoms with E-state index in [0.717, 1.165) is 0 Å². The molecule has 1 rings (SSSR count). The Bertz CT molecular complexity index is 339. The predicted octanol–water partition coefficient (Wildman–Crippen LogP) is 1.30. The van der Waals surface area contributed by atoms with Gasteiger partial charge in [0.15, 0.2) is 0 Å². The number of rotatable bonds is 2. The first-order valence-corrected chi connectivity index (χ1v) is 3.49. The van der Waals surface area contributed by atoms with Crippen molar-refractivity contribution in [2.45, 2.75) is 13.8 Å². The first kappa shape index (κ1) is 8.52. The molecule has 0 atom stereocenters. The van der Waals surface area contributed by atoms with Gasteiger partial charge in [-0.15, -0.1) is 0 Å². The van der Waals surface area contributed by atoms with Crippen molar-refractivity contribution in [3.63, 3.8) is 0 Å². The Balaban J connectivity index is 3.37. The number of carboxylic acids is 1. The van der Waals surface area contributed by atoms with Gasteiger partial charge in [0.1, 0.15) is 5.56 Å². The smallest absolute Gasteiger partial charge is 0.339 e. The molecule has 4 nitrogen and oxygen atoms in total. The summed E-state index contributed by atoms with van der Waals surface area (Å²) in [6, 6.07) is 0. The molecular formula is C8H10N2O2. The van der Waals surface area contributed by atoms with Gasteiger partial charge in [-0.05, 0) is 13.8 Å². The summed E-state index contributed by atoms with van der Waals surface area (Å²) in [7, 11) is 0. The number of aryl methyl sites for hydroxylation is 1. The highest BCUT2D eigenvalue weighted by atomic mass is 16.4. The lowest BCUT2D eigenvalue weighted by molar-refractivity contribution is 0.0695. The quantitative estimate of drug-likeness (QED) is 0.720. The van der Waals surface area contributed by atoms with Crippen LogP contribution in [0.25, 0.3) is 6.20 Å². The fraction of sp³-hybridized carbons (Fsp3) is 0.250. The van der Waals surface area contributed by atoms with Gasteiger partial charge in [0.25, 0.3) is 0 Å². The summed E-state index contributed by atoms with van der Waals surface area (Å²) in [4.78, 5) is 10.7. The molecule has 0 unspecified atom stereocenters. The number of aromatic nitrogens is 2. The first-order valence-electron chi connectivity index (χ1n) is 3.49. The van der Waals surface area contributed by atoms with E-state index in [4.69, 9.17) is 5.11 Å². The summed E-state index contributed by atoms with van der Waals surface area (Å²) >= 11 is 0. The summed E-state index contributed by atoms with van der Waals surface area (Å²) in [5.74, 6) is -0.946. The molecule has 0 amide bonds. The summed E-state index contributed by atoms with van der Waals surface area (Å²) in [6.45, 7) is 6.88. The fourth-order valence-electron chi connectivity index (χ4n) is 1.15. The van der Waals surface area contributed by atoms with E-state index in [1.165, 1.54) is 10.9 Å². The fourth-order valence-corrected chi connectivity index (χ4v) is 1.15. The Hall–Kier alpha value is -1.58. The van der Waals surface area contributed by atoms with E-state index in [0.29, 0.717) is 11.4 Å². The summed E-state index contributed by atoms with van der Waals surface area (Å²) < 4.78 is 1.46. The second-order valence-electron chi connectivity index (χ2n) is 2.48. The molecular weight excluding hydrogens is 156 g/mol. The molecule has 1 aromatic rings. The topological polar surface area (TPSA) is 55.1 Å². The molecule has 1 aromatic heterocycles. The van der Waals surface area contributed by atoms with Crippen molar-refractivity contribution in [2.24, 2.45) is 0 Å². The molecule has 4 heteroatoms. The molecule has 0 bridgehead atoms. The lowest BCUT2D eigenvalue weighted by Gasteiger charge is -1.94. The van der Waals surface area contributed by atoms with Gasteiger partial charge in [-0.2, -0.15) is 5.10 Å². The second kappa shape index (κ2) is 2.81. The molecule has 12 heavy (non-hydrogen) atoms. The van der Waals surface area contributed by atoms with Crippen LogP contribution in [0, 0.1) is 13.8 Å². The molecule has 1 heterocycles. The van der Waals surface area contributed by atoms with E-state index in [1.54, 1.807) is 13.8 Å². The molecule has 1 N–H and O–H groups in total. The van der Waals surface area contributed by atoms with Gasteiger partial charge < -0.3 is 5.11 Å².